The first-order chi connectivity index (χ1) is 16.5. The molecule has 2 aliphatic rings. The zero-order valence-electron chi connectivity index (χ0n) is 19.4. The maximum atomic E-state index is 13.7. The molecule has 1 aliphatic heterocycles. The number of aromatic nitrogens is 1. The van der Waals surface area contributed by atoms with Crippen molar-refractivity contribution in [2.75, 3.05) is 19.7 Å². The van der Waals surface area contributed by atoms with Crippen molar-refractivity contribution in [1.82, 2.24) is 15.2 Å². The maximum Gasteiger partial charge on any atom is 0.407 e. The van der Waals surface area contributed by atoms with E-state index in [1.165, 1.54) is 31.4 Å². The van der Waals surface area contributed by atoms with Crippen LogP contribution in [0.2, 0.25) is 0 Å². The van der Waals surface area contributed by atoms with E-state index in [-0.39, 0.29) is 48.1 Å². The molecule has 1 aromatic heterocycles. The summed E-state index contributed by atoms with van der Waals surface area (Å²) < 4.78 is 24.2. The second kappa shape index (κ2) is 11.4. The van der Waals surface area contributed by atoms with Crippen molar-refractivity contribution in [3.05, 3.63) is 29.9 Å². The fraction of sp³-hybridized carbons (Fsp3) is 0.600. The van der Waals surface area contributed by atoms with Crippen molar-refractivity contribution in [2.45, 2.75) is 70.3 Å². The van der Waals surface area contributed by atoms with E-state index in [2.05, 4.69) is 10.3 Å². The number of para-hydroxylation sites is 1. The number of benzene rings is 1. The molecular weight excluding hydrogens is 441 g/mol. The Labute approximate surface area is 198 Å². The molecule has 1 saturated heterocycles. The average molecular weight is 474 g/mol. The lowest BCUT2D eigenvalue weighted by Gasteiger charge is -2.29. The number of nitrogens with zero attached hydrogens (tertiary/aromatic N) is 2. The van der Waals surface area contributed by atoms with Crippen molar-refractivity contribution < 1.29 is 27.9 Å². The molecule has 4 rings (SSSR count). The Morgan fingerprint density at radius 3 is 2.65 bits per heavy atom. The Morgan fingerprint density at radius 2 is 1.91 bits per heavy atom. The summed E-state index contributed by atoms with van der Waals surface area (Å²) in [5, 5.41) is 2.77. The maximum absolute atomic E-state index is 13.7. The predicted molar refractivity (Wildman–Crippen MR) is 123 cm³/mol. The van der Waals surface area contributed by atoms with Crippen LogP contribution in [0.4, 0.5) is 9.18 Å². The number of ketones is 1. The van der Waals surface area contributed by atoms with E-state index >= 15 is 0 Å². The molecule has 0 spiro atoms. The van der Waals surface area contributed by atoms with E-state index in [9.17, 15) is 18.8 Å². The van der Waals surface area contributed by atoms with Crippen molar-refractivity contribution >= 4 is 28.9 Å². The minimum Gasteiger partial charge on any atom is -0.450 e. The molecule has 2 amide bonds. The predicted octanol–water partition coefficient (Wildman–Crippen LogP) is 4.62. The molecule has 1 N–H and O–H groups in total. The number of hydrogen-bond acceptors (Lipinski definition) is 6. The molecule has 2 fully saturated rings. The van der Waals surface area contributed by atoms with Gasteiger partial charge in [-0.25, -0.2) is 14.2 Å². The fourth-order valence-corrected chi connectivity index (χ4v) is 4.86. The number of halogens is 1. The van der Waals surface area contributed by atoms with Crippen LogP contribution in [-0.4, -0.2) is 53.4 Å². The summed E-state index contributed by atoms with van der Waals surface area (Å²) in [6.07, 6.45) is 8.02. The zero-order chi connectivity index (χ0) is 23.9. The number of alkyl carbamates (subject to hydrolysis) is 1. The number of carbonyl (C=O) groups excluding carboxylic acids is 3. The number of likely N-dealkylation sites (tertiary alicyclic amines) is 1. The van der Waals surface area contributed by atoms with Crippen LogP contribution >= 0.6 is 0 Å². The molecule has 2 aromatic rings. The number of nitrogens with one attached hydrogen (secondary N) is 1. The summed E-state index contributed by atoms with van der Waals surface area (Å²) >= 11 is 0. The highest BCUT2D eigenvalue weighted by molar-refractivity contribution is 5.94. The lowest BCUT2D eigenvalue weighted by Crippen LogP contribution is -2.49. The van der Waals surface area contributed by atoms with Gasteiger partial charge in [0.05, 0.1) is 6.61 Å². The van der Waals surface area contributed by atoms with Crippen LogP contribution in [0.25, 0.3) is 11.1 Å². The molecule has 184 valence electrons. The summed E-state index contributed by atoms with van der Waals surface area (Å²) in [7, 11) is 0. The van der Waals surface area contributed by atoms with Gasteiger partial charge in [-0.05, 0) is 43.7 Å². The number of oxazole rings is 1. The molecule has 1 aliphatic carbocycles. The van der Waals surface area contributed by atoms with Crippen molar-refractivity contribution in [1.29, 1.82) is 0 Å². The third-order valence-electron chi connectivity index (χ3n) is 6.69. The van der Waals surface area contributed by atoms with Gasteiger partial charge in [-0.1, -0.05) is 38.2 Å². The normalized spacial score (nSPS) is 17.6. The number of hydrogen-bond donors (Lipinski definition) is 1. The minimum atomic E-state index is -0.648. The van der Waals surface area contributed by atoms with Crippen molar-refractivity contribution in [2.24, 2.45) is 5.92 Å². The topological polar surface area (TPSA) is 102 Å². The summed E-state index contributed by atoms with van der Waals surface area (Å²) in [5.74, 6) is -0.717. The van der Waals surface area contributed by atoms with Gasteiger partial charge in [-0.15, -0.1) is 0 Å². The van der Waals surface area contributed by atoms with Crippen LogP contribution in [0.5, 0.6) is 0 Å². The van der Waals surface area contributed by atoms with E-state index in [1.54, 1.807) is 6.07 Å². The summed E-state index contributed by atoms with van der Waals surface area (Å²) in [5.41, 5.74) is 0.235. The van der Waals surface area contributed by atoms with E-state index in [0.717, 1.165) is 38.8 Å². The molecular formula is C25H32FN3O5. The lowest BCUT2D eigenvalue weighted by molar-refractivity contribution is -0.132. The molecule has 1 saturated carbocycles. The first-order valence-electron chi connectivity index (χ1n) is 12.3. The van der Waals surface area contributed by atoms with E-state index < -0.39 is 18.0 Å². The molecule has 1 unspecified atom stereocenters. The quantitative estimate of drug-likeness (QED) is 0.421. The first kappa shape index (κ1) is 24.2. The molecule has 0 radical (unpaired) electrons. The summed E-state index contributed by atoms with van der Waals surface area (Å²) in [6.45, 7) is 1.48. The molecule has 8 nitrogen and oxygen atoms in total. The van der Waals surface area contributed by atoms with Crippen LogP contribution in [-0.2, 0) is 9.53 Å². The fourth-order valence-electron chi connectivity index (χ4n) is 4.86. The van der Waals surface area contributed by atoms with Crippen LogP contribution in [0, 0.1) is 11.7 Å². The molecule has 0 bridgehead atoms. The van der Waals surface area contributed by atoms with Gasteiger partial charge >= 0.3 is 6.09 Å². The number of amides is 2. The van der Waals surface area contributed by atoms with E-state index in [1.807, 2.05) is 4.90 Å². The second-order valence-corrected chi connectivity index (χ2v) is 9.24. The highest BCUT2D eigenvalue weighted by Gasteiger charge is 2.31. The second-order valence-electron chi connectivity index (χ2n) is 9.24. The van der Waals surface area contributed by atoms with Crippen molar-refractivity contribution in [3.8, 4) is 0 Å². The van der Waals surface area contributed by atoms with Gasteiger partial charge in [-0.3, -0.25) is 9.59 Å². The number of rotatable bonds is 9. The summed E-state index contributed by atoms with van der Waals surface area (Å²) in [4.78, 5) is 43.6. The molecule has 34 heavy (non-hydrogen) atoms. The van der Waals surface area contributed by atoms with Gasteiger partial charge in [0.2, 0.25) is 11.7 Å². The SMILES string of the molecule is O=C(NC(CC1CCCCC1)C(=O)N1CCCC1)OCCCC(=O)c1nc2cccc(F)c2o1. The average Bonchev–Trinajstić information content (AvgIpc) is 3.53. The minimum absolute atomic E-state index is 0.0141. The van der Waals surface area contributed by atoms with Gasteiger partial charge in [0.25, 0.3) is 5.89 Å². The van der Waals surface area contributed by atoms with E-state index in [4.69, 9.17) is 9.15 Å². The standard InChI is InChI=1S/C25H32FN3O5/c26-18-10-6-11-19-22(18)34-23(27-19)21(30)12-7-15-33-25(32)28-20(16-17-8-2-1-3-9-17)24(31)29-13-4-5-14-29/h6,10-11,17,20H,1-5,7-9,12-16H2,(H,28,32). The first-order valence-corrected chi connectivity index (χ1v) is 12.3. The Balaban J connectivity index is 1.25. The van der Waals surface area contributed by atoms with Crippen molar-refractivity contribution in [3.63, 3.8) is 0 Å². The smallest absolute Gasteiger partial charge is 0.407 e. The highest BCUT2D eigenvalue weighted by Crippen LogP contribution is 2.28. The zero-order valence-corrected chi connectivity index (χ0v) is 19.4. The molecule has 9 heteroatoms. The molecule has 1 atom stereocenters. The van der Waals surface area contributed by atoms with Crippen LogP contribution in [0.1, 0.15) is 74.9 Å². The van der Waals surface area contributed by atoms with Crippen LogP contribution in [0.3, 0.4) is 0 Å². The van der Waals surface area contributed by atoms with Gasteiger partial charge in [0, 0.05) is 19.5 Å². The highest BCUT2D eigenvalue weighted by atomic mass is 19.1. The Morgan fingerprint density at radius 1 is 1.15 bits per heavy atom. The largest absolute Gasteiger partial charge is 0.450 e. The third kappa shape index (κ3) is 6.12. The summed E-state index contributed by atoms with van der Waals surface area (Å²) in [6, 6.07) is 3.73. The number of ether oxygens (including phenoxy) is 1. The Kier molecular flexibility index (Phi) is 8.13. The van der Waals surface area contributed by atoms with Crippen LogP contribution < -0.4 is 5.32 Å². The van der Waals surface area contributed by atoms with Gasteiger partial charge in [-0.2, -0.15) is 0 Å². The third-order valence-corrected chi connectivity index (χ3v) is 6.69. The monoisotopic (exact) mass is 473 g/mol. The van der Waals surface area contributed by atoms with Gasteiger partial charge in [0.1, 0.15) is 11.6 Å². The van der Waals surface area contributed by atoms with Gasteiger partial charge in [0.15, 0.2) is 11.4 Å². The Hall–Kier alpha value is -2.97. The van der Waals surface area contributed by atoms with Crippen LogP contribution in [0.15, 0.2) is 22.6 Å². The lowest BCUT2D eigenvalue weighted by atomic mass is 9.84. The van der Waals surface area contributed by atoms with E-state index in [0.29, 0.717) is 12.3 Å². The Bertz CT molecular complexity index is 1010. The number of carbonyl (C=O) groups is 3. The van der Waals surface area contributed by atoms with Gasteiger partial charge < -0.3 is 19.4 Å². The number of fused-ring (bicyclic) bond motifs is 1. The molecule has 2 heterocycles. The molecule has 1 aromatic carbocycles. The number of Topliss-reactive ketones (excluding diaryl/α,β-unsaturated/α-hetero) is 1.